The fourth-order valence-electron chi connectivity index (χ4n) is 8.23. The van der Waals surface area contributed by atoms with Gasteiger partial charge in [-0.3, -0.25) is 0 Å². The highest BCUT2D eigenvalue weighted by Crippen LogP contribution is 2.61. The summed E-state index contributed by atoms with van der Waals surface area (Å²) in [7, 11) is 0. The SMILES string of the molecule is CC(=C/C=C/C=C(C)/C=C/C=C(C)/C=C/[C@]12O[C@H](CC1(C)C)C[C@@]2(C)O)/C=C/C=C(C)/C=C/[C@@]12O[C@@H](CC1(C)C)C[C@@]2(C)O. The lowest BCUT2D eigenvalue weighted by Gasteiger charge is -2.46. The van der Waals surface area contributed by atoms with Crippen LogP contribution in [0.25, 0.3) is 0 Å². The van der Waals surface area contributed by atoms with Crippen LogP contribution in [0.1, 0.15) is 94.9 Å². The highest BCUT2D eigenvalue weighted by atomic mass is 16.6. The van der Waals surface area contributed by atoms with Crippen molar-refractivity contribution in [3.05, 3.63) is 107 Å². The Balaban J connectivity index is 1.28. The molecule has 4 bridgehead atoms. The molecule has 4 rings (SSSR count). The summed E-state index contributed by atoms with van der Waals surface area (Å²) >= 11 is 0. The molecule has 4 aliphatic rings. The van der Waals surface area contributed by atoms with Crippen LogP contribution in [-0.2, 0) is 9.47 Å². The molecule has 4 fully saturated rings. The van der Waals surface area contributed by atoms with Gasteiger partial charge in [-0.25, -0.2) is 0 Å². The van der Waals surface area contributed by atoms with Crippen molar-refractivity contribution in [3.63, 3.8) is 0 Å². The highest BCUT2D eigenvalue weighted by Gasteiger charge is 2.68. The van der Waals surface area contributed by atoms with Crippen LogP contribution in [0.3, 0.4) is 0 Å². The first-order valence-electron chi connectivity index (χ1n) is 16.3. The van der Waals surface area contributed by atoms with E-state index in [-0.39, 0.29) is 23.0 Å². The predicted molar refractivity (Wildman–Crippen MR) is 183 cm³/mol. The van der Waals surface area contributed by atoms with E-state index >= 15 is 0 Å². The molecule has 0 aromatic rings. The maximum Gasteiger partial charge on any atom is 0.120 e. The quantitative estimate of drug-likeness (QED) is 0.246. The van der Waals surface area contributed by atoms with Gasteiger partial charge in [0.1, 0.15) is 11.2 Å². The van der Waals surface area contributed by atoms with E-state index in [0.29, 0.717) is 12.8 Å². The Bertz CT molecular complexity index is 1230. The summed E-state index contributed by atoms with van der Waals surface area (Å²) in [6, 6.07) is 0. The molecular weight excluding hydrogens is 544 g/mol. The van der Waals surface area contributed by atoms with Crippen molar-refractivity contribution in [2.24, 2.45) is 10.8 Å². The monoisotopic (exact) mass is 600 g/mol. The van der Waals surface area contributed by atoms with Gasteiger partial charge in [-0.15, -0.1) is 0 Å². The lowest BCUT2D eigenvalue weighted by molar-refractivity contribution is -0.115. The summed E-state index contributed by atoms with van der Waals surface area (Å²) in [6.45, 7) is 20.9. The lowest BCUT2D eigenvalue weighted by Crippen LogP contribution is -2.56. The fraction of sp³-hybridized carbons (Fsp3) is 0.550. The predicted octanol–water partition coefficient (Wildman–Crippen LogP) is 8.97. The van der Waals surface area contributed by atoms with E-state index in [0.717, 1.165) is 35.1 Å². The van der Waals surface area contributed by atoms with Crippen LogP contribution >= 0.6 is 0 Å². The van der Waals surface area contributed by atoms with Gasteiger partial charge in [0, 0.05) is 23.7 Å². The van der Waals surface area contributed by atoms with E-state index in [1.807, 2.05) is 13.8 Å². The first-order valence-corrected chi connectivity index (χ1v) is 16.3. The van der Waals surface area contributed by atoms with Crippen molar-refractivity contribution in [2.45, 2.75) is 130 Å². The smallest absolute Gasteiger partial charge is 0.120 e. The molecule has 44 heavy (non-hydrogen) atoms. The zero-order valence-corrected chi connectivity index (χ0v) is 28.8. The molecule has 4 saturated heterocycles. The zero-order chi connectivity index (χ0) is 32.6. The number of aliphatic hydroxyl groups is 2. The number of hydrogen-bond acceptors (Lipinski definition) is 4. The van der Waals surface area contributed by atoms with Gasteiger partial charge in [0.15, 0.2) is 0 Å². The normalized spacial score (nSPS) is 39.2. The lowest BCUT2D eigenvalue weighted by atomic mass is 9.61. The molecule has 0 radical (unpaired) electrons. The van der Waals surface area contributed by atoms with Gasteiger partial charge < -0.3 is 19.7 Å². The molecule has 0 aromatic carbocycles. The van der Waals surface area contributed by atoms with Crippen molar-refractivity contribution in [3.8, 4) is 0 Å². The zero-order valence-electron chi connectivity index (χ0n) is 28.8. The second kappa shape index (κ2) is 12.4. The molecule has 4 heterocycles. The van der Waals surface area contributed by atoms with Crippen LogP contribution in [0.15, 0.2) is 107 Å². The van der Waals surface area contributed by atoms with Crippen LogP contribution in [0, 0.1) is 10.8 Å². The van der Waals surface area contributed by atoms with Gasteiger partial charge in [0.05, 0.1) is 23.4 Å². The van der Waals surface area contributed by atoms with E-state index in [2.05, 4.69) is 140 Å². The summed E-state index contributed by atoms with van der Waals surface area (Å²) in [5, 5.41) is 22.2. The van der Waals surface area contributed by atoms with Crippen molar-refractivity contribution in [1.82, 2.24) is 0 Å². The summed E-state index contributed by atoms with van der Waals surface area (Å²) in [5.41, 5.74) is 1.37. The van der Waals surface area contributed by atoms with E-state index in [1.54, 1.807) is 0 Å². The maximum absolute atomic E-state index is 11.1. The Morgan fingerprint density at radius 3 is 1.14 bits per heavy atom. The van der Waals surface area contributed by atoms with E-state index < -0.39 is 22.4 Å². The highest BCUT2D eigenvalue weighted by molar-refractivity contribution is 5.35. The van der Waals surface area contributed by atoms with Crippen molar-refractivity contribution >= 4 is 0 Å². The molecule has 4 nitrogen and oxygen atoms in total. The van der Waals surface area contributed by atoms with Crippen LogP contribution < -0.4 is 0 Å². The summed E-state index contributed by atoms with van der Waals surface area (Å²) < 4.78 is 12.6. The topological polar surface area (TPSA) is 58.9 Å². The van der Waals surface area contributed by atoms with Crippen LogP contribution in [-0.4, -0.2) is 44.8 Å². The molecule has 0 spiro atoms. The van der Waals surface area contributed by atoms with E-state index in [4.69, 9.17) is 9.47 Å². The molecule has 0 saturated carbocycles. The van der Waals surface area contributed by atoms with Gasteiger partial charge in [-0.05, 0) is 66.5 Å². The summed E-state index contributed by atoms with van der Waals surface area (Å²) in [5.74, 6) is 0. The Morgan fingerprint density at radius 1 is 0.500 bits per heavy atom. The van der Waals surface area contributed by atoms with Gasteiger partial charge in [-0.1, -0.05) is 123 Å². The molecular formula is C40H56O4. The van der Waals surface area contributed by atoms with Gasteiger partial charge in [-0.2, -0.15) is 0 Å². The molecule has 4 heteroatoms. The average Bonchev–Trinajstić information content (AvgIpc) is 3.50. The van der Waals surface area contributed by atoms with Crippen LogP contribution in [0.2, 0.25) is 0 Å². The fourth-order valence-corrected chi connectivity index (χ4v) is 8.23. The molecule has 4 aliphatic heterocycles. The first kappa shape index (κ1) is 34.4. The Kier molecular flexibility index (Phi) is 9.66. The standard InChI is InChI=1S/C40H56O4/c1-29(17-13-19-31(3)21-23-39-35(5,6)25-33(43-39)27-37(39,9)41)15-11-12-16-30(2)18-14-20-32(4)22-24-40-36(7,8)26-34(44-40)28-38(40,10)42/h11-24,33-34,41-42H,25-28H2,1-10H3/b12-11+,17-13+,18-14+,23-21+,24-22+,29-15-,30-16+,31-19+,32-20+/t33-,34+,37+,38+,39+,40-/m0/s1. The molecule has 6 atom stereocenters. The Hall–Kier alpha value is -2.50. The Labute approximate surface area is 267 Å². The van der Waals surface area contributed by atoms with Crippen molar-refractivity contribution in [2.75, 3.05) is 0 Å². The summed E-state index contributed by atoms with van der Waals surface area (Å²) in [6.07, 6.45) is 32.7. The second-order valence-electron chi connectivity index (χ2n) is 15.5. The number of rotatable bonds is 10. The Morgan fingerprint density at radius 2 is 0.818 bits per heavy atom. The van der Waals surface area contributed by atoms with Crippen LogP contribution in [0.4, 0.5) is 0 Å². The van der Waals surface area contributed by atoms with Crippen LogP contribution in [0.5, 0.6) is 0 Å². The molecule has 240 valence electrons. The third kappa shape index (κ3) is 6.56. The third-order valence-electron chi connectivity index (χ3n) is 10.5. The van der Waals surface area contributed by atoms with Crippen molar-refractivity contribution < 1.29 is 19.7 Å². The molecule has 0 aliphatic carbocycles. The van der Waals surface area contributed by atoms with Gasteiger partial charge in [0.25, 0.3) is 0 Å². The largest absolute Gasteiger partial charge is 0.387 e. The van der Waals surface area contributed by atoms with E-state index in [1.165, 1.54) is 0 Å². The number of allylic oxidation sites excluding steroid dienone is 16. The number of hydrogen-bond donors (Lipinski definition) is 2. The second-order valence-corrected chi connectivity index (χ2v) is 15.5. The number of ether oxygens (including phenoxy) is 2. The maximum atomic E-state index is 11.1. The minimum Gasteiger partial charge on any atom is -0.387 e. The molecule has 2 N–H and O–H groups in total. The van der Waals surface area contributed by atoms with Gasteiger partial charge in [0.2, 0.25) is 0 Å². The minimum atomic E-state index is -0.848. The first-order chi connectivity index (χ1) is 20.4. The summed E-state index contributed by atoms with van der Waals surface area (Å²) in [4.78, 5) is 0. The van der Waals surface area contributed by atoms with Crippen molar-refractivity contribution in [1.29, 1.82) is 0 Å². The number of fused-ring (bicyclic) bond motifs is 4. The average molecular weight is 601 g/mol. The van der Waals surface area contributed by atoms with Gasteiger partial charge >= 0.3 is 0 Å². The molecule has 0 amide bonds. The molecule has 0 aromatic heterocycles. The minimum absolute atomic E-state index is 0.0983. The molecule has 0 unspecified atom stereocenters. The third-order valence-corrected chi connectivity index (χ3v) is 10.5. The van der Waals surface area contributed by atoms with E-state index in [9.17, 15) is 10.2 Å².